The van der Waals surface area contributed by atoms with E-state index in [0.29, 0.717) is 9.52 Å². The van der Waals surface area contributed by atoms with Crippen molar-refractivity contribution in [2.75, 3.05) is 13.7 Å². The normalized spacial score (nSPS) is 11.8. The zero-order valence-corrected chi connectivity index (χ0v) is 10.4. The second kappa shape index (κ2) is 4.99. The van der Waals surface area contributed by atoms with Gasteiger partial charge in [0, 0.05) is 13.0 Å². The Morgan fingerprint density at radius 1 is 1.47 bits per heavy atom. The summed E-state index contributed by atoms with van der Waals surface area (Å²) < 4.78 is 42.6. The summed E-state index contributed by atoms with van der Waals surface area (Å²) in [7, 11) is 1.22. The molecule has 0 spiro atoms. The average Bonchev–Trinajstić information content (AvgIpc) is 2.86. The SMILES string of the molecule is COC(=O)NCCc1nn2c(C(F)(F)F)nnc2s1. The molecule has 0 aromatic carbocycles. The van der Waals surface area contributed by atoms with Gasteiger partial charge < -0.3 is 10.1 Å². The Bertz CT molecular complexity index is 593. The minimum Gasteiger partial charge on any atom is -0.453 e. The van der Waals surface area contributed by atoms with Gasteiger partial charge in [-0.25, -0.2) is 4.79 Å². The second-order valence-electron chi connectivity index (χ2n) is 3.38. The van der Waals surface area contributed by atoms with E-state index in [9.17, 15) is 18.0 Å². The zero-order valence-electron chi connectivity index (χ0n) is 9.56. The Morgan fingerprint density at radius 2 is 2.21 bits per heavy atom. The lowest BCUT2D eigenvalue weighted by atomic mass is 10.4. The minimum absolute atomic E-state index is 0.0559. The largest absolute Gasteiger partial charge is 0.453 e. The Kier molecular flexibility index (Phi) is 3.55. The van der Waals surface area contributed by atoms with E-state index in [0.717, 1.165) is 11.3 Å². The number of methoxy groups -OCH3 is 1. The monoisotopic (exact) mass is 295 g/mol. The fourth-order valence-electron chi connectivity index (χ4n) is 1.28. The first kappa shape index (κ1) is 13.5. The van der Waals surface area contributed by atoms with Crippen molar-refractivity contribution in [3.63, 3.8) is 0 Å². The van der Waals surface area contributed by atoms with Crippen LogP contribution in [0.2, 0.25) is 0 Å². The van der Waals surface area contributed by atoms with Gasteiger partial charge in [0.25, 0.3) is 5.82 Å². The highest BCUT2D eigenvalue weighted by atomic mass is 32.1. The molecule has 1 amide bonds. The van der Waals surface area contributed by atoms with Crippen molar-refractivity contribution in [1.82, 2.24) is 25.1 Å². The molecule has 2 aromatic rings. The highest BCUT2D eigenvalue weighted by Gasteiger charge is 2.38. The first-order valence-electron chi connectivity index (χ1n) is 5.02. The summed E-state index contributed by atoms with van der Waals surface area (Å²) in [5.74, 6) is -1.16. The molecule has 11 heteroatoms. The summed E-state index contributed by atoms with van der Waals surface area (Å²) in [6.07, 6.45) is -4.94. The molecule has 0 saturated carbocycles. The summed E-state index contributed by atoms with van der Waals surface area (Å²) in [6, 6.07) is 0. The molecular formula is C8H8F3N5O2S. The van der Waals surface area contributed by atoms with Crippen LogP contribution in [0.4, 0.5) is 18.0 Å². The molecule has 2 rings (SSSR count). The van der Waals surface area contributed by atoms with E-state index in [4.69, 9.17) is 0 Å². The van der Waals surface area contributed by atoms with Crippen LogP contribution in [-0.4, -0.2) is 39.6 Å². The van der Waals surface area contributed by atoms with Crippen LogP contribution in [0.15, 0.2) is 0 Å². The van der Waals surface area contributed by atoms with Gasteiger partial charge >= 0.3 is 12.3 Å². The van der Waals surface area contributed by atoms with E-state index in [2.05, 4.69) is 25.3 Å². The number of alkyl carbamates (subject to hydrolysis) is 1. The number of fused-ring (bicyclic) bond motifs is 1. The third-order valence-electron chi connectivity index (χ3n) is 2.08. The maximum absolute atomic E-state index is 12.5. The number of hydrogen-bond donors (Lipinski definition) is 1. The van der Waals surface area contributed by atoms with Gasteiger partial charge in [-0.3, -0.25) is 0 Å². The van der Waals surface area contributed by atoms with Gasteiger partial charge in [-0.05, 0) is 0 Å². The fraction of sp³-hybridized carbons (Fsp3) is 0.500. The third-order valence-corrected chi connectivity index (χ3v) is 3.04. The molecule has 0 unspecified atom stereocenters. The number of carbonyl (C=O) groups excluding carboxylic acids is 1. The highest BCUT2D eigenvalue weighted by Crippen LogP contribution is 2.28. The molecule has 2 heterocycles. The summed E-state index contributed by atoms with van der Waals surface area (Å²) in [5, 5.41) is 13.0. The van der Waals surface area contributed by atoms with Gasteiger partial charge in [0.1, 0.15) is 5.01 Å². The van der Waals surface area contributed by atoms with Gasteiger partial charge in [0.15, 0.2) is 0 Å². The Morgan fingerprint density at radius 3 is 2.84 bits per heavy atom. The van der Waals surface area contributed by atoms with Crippen molar-refractivity contribution in [3.05, 3.63) is 10.8 Å². The maximum atomic E-state index is 12.5. The Labute approximate surface area is 108 Å². The predicted molar refractivity (Wildman–Crippen MR) is 57.8 cm³/mol. The molecule has 7 nitrogen and oxygen atoms in total. The number of halogens is 3. The Balaban J connectivity index is 2.10. The van der Waals surface area contributed by atoms with Crippen LogP contribution >= 0.6 is 11.3 Å². The maximum Gasteiger partial charge on any atom is 0.453 e. The number of amides is 1. The highest BCUT2D eigenvalue weighted by molar-refractivity contribution is 7.16. The summed E-state index contributed by atoms with van der Waals surface area (Å²) in [6.45, 7) is 0.206. The lowest BCUT2D eigenvalue weighted by Crippen LogP contribution is -2.25. The fourth-order valence-corrected chi connectivity index (χ4v) is 2.11. The van der Waals surface area contributed by atoms with E-state index in [1.807, 2.05) is 0 Å². The molecule has 0 bridgehead atoms. The van der Waals surface area contributed by atoms with E-state index >= 15 is 0 Å². The van der Waals surface area contributed by atoms with Crippen LogP contribution in [0.25, 0.3) is 4.96 Å². The summed E-state index contributed by atoms with van der Waals surface area (Å²) in [4.78, 5) is 10.8. The molecule has 1 N–H and O–H groups in total. The molecule has 0 aliphatic heterocycles. The van der Waals surface area contributed by atoms with Crippen molar-refractivity contribution >= 4 is 22.4 Å². The number of ether oxygens (including phenoxy) is 1. The van der Waals surface area contributed by atoms with Crippen LogP contribution in [0.1, 0.15) is 10.8 Å². The molecule has 0 atom stereocenters. The van der Waals surface area contributed by atoms with Crippen molar-refractivity contribution < 1.29 is 22.7 Å². The second-order valence-corrected chi connectivity index (χ2v) is 4.42. The van der Waals surface area contributed by atoms with Crippen LogP contribution in [0, 0.1) is 0 Å². The zero-order chi connectivity index (χ0) is 14.0. The predicted octanol–water partition coefficient (Wildman–Crippen LogP) is 1.10. The smallest absolute Gasteiger partial charge is 0.453 e. The van der Waals surface area contributed by atoms with Gasteiger partial charge in [0.2, 0.25) is 4.96 Å². The third kappa shape index (κ3) is 2.92. The first-order valence-corrected chi connectivity index (χ1v) is 5.83. The number of nitrogens with one attached hydrogen (secondary N) is 1. The van der Waals surface area contributed by atoms with Crippen LogP contribution < -0.4 is 5.32 Å². The first-order chi connectivity index (χ1) is 8.91. The van der Waals surface area contributed by atoms with Crippen molar-refractivity contribution in [2.45, 2.75) is 12.6 Å². The molecule has 0 radical (unpaired) electrons. The molecular weight excluding hydrogens is 287 g/mol. The molecule has 0 fully saturated rings. The topological polar surface area (TPSA) is 81.4 Å². The van der Waals surface area contributed by atoms with Gasteiger partial charge in [-0.1, -0.05) is 11.3 Å². The molecule has 19 heavy (non-hydrogen) atoms. The lowest BCUT2D eigenvalue weighted by Gasteiger charge is -2.01. The molecule has 0 aliphatic rings. The van der Waals surface area contributed by atoms with Crippen molar-refractivity contribution in [1.29, 1.82) is 0 Å². The molecule has 0 aliphatic carbocycles. The lowest BCUT2D eigenvalue weighted by molar-refractivity contribution is -0.146. The minimum atomic E-state index is -4.60. The van der Waals surface area contributed by atoms with Crippen molar-refractivity contribution in [2.24, 2.45) is 0 Å². The number of nitrogens with zero attached hydrogens (tertiary/aromatic N) is 4. The van der Waals surface area contributed by atoms with Gasteiger partial charge in [-0.15, -0.1) is 10.2 Å². The Hall–Kier alpha value is -1.91. The van der Waals surface area contributed by atoms with E-state index in [-0.39, 0.29) is 17.9 Å². The van der Waals surface area contributed by atoms with Crippen LogP contribution in [0.3, 0.4) is 0 Å². The molecule has 104 valence electrons. The summed E-state index contributed by atoms with van der Waals surface area (Å²) >= 11 is 0.980. The number of hydrogen-bond acceptors (Lipinski definition) is 6. The quantitative estimate of drug-likeness (QED) is 0.917. The number of rotatable bonds is 3. The molecule has 2 aromatic heterocycles. The van der Waals surface area contributed by atoms with E-state index in [1.165, 1.54) is 7.11 Å². The van der Waals surface area contributed by atoms with Crippen LogP contribution in [0.5, 0.6) is 0 Å². The standard InChI is InChI=1S/C8H8F3N5O2S/c1-18-7(17)12-3-2-4-15-16-5(8(9,10)11)13-14-6(16)19-4/h2-3H2,1H3,(H,12,17). The van der Waals surface area contributed by atoms with Crippen molar-refractivity contribution in [3.8, 4) is 0 Å². The van der Waals surface area contributed by atoms with E-state index in [1.54, 1.807) is 0 Å². The number of alkyl halides is 3. The van der Waals surface area contributed by atoms with E-state index < -0.39 is 18.1 Å². The van der Waals surface area contributed by atoms with Gasteiger partial charge in [-0.2, -0.15) is 22.8 Å². The number of carbonyl (C=O) groups is 1. The number of aromatic nitrogens is 4. The summed E-state index contributed by atoms with van der Waals surface area (Å²) in [5.41, 5.74) is 0. The average molecular weight is 295 g/mol. The molecule has 0 saturated heterocycles. The van der Waals surface area contributed by atoms with Gasteiger partial charge in [0.05, 0.1) is 7.11 Å². The van der Waals surface area contributed by atoms with Crippen LogP contribution in [-0.2, 0) is 17.3 Å².